The molecule has 0 spiro atoms. The van der Waals surface area contributed by atoms with Crippen LogP contribution in [0.15, 0.2) is 77.6 Å². The molecule has 0 aliphatic heterocycles. The molecule has 0 unspecified atom stereocenters. The zero-order valence-corrected chi connectivity index (χ0v) is 22.0. The lowest BCUT2D eigenvalue weighted by atomic mass is 9.97. The van der Waals surface area contributed by atoms with E-state index in [0.717, 1.165) is 52.2 Å². The van der Waals surface area contributed by atoms with E-state index in [-0.39, 0.29) is 5.56 Å². The molecule has 0 amide bonds. The minimum atomic E-state index is -0.0364. The summed E-state index contributed by atoms with van der Waals surface area (Å²) in [5.74, 6) is 1.91. The summed E-state index contributed by atoms with van der Waals surface area (Å²) in [6, 6.07) is 25.6. The second kappa shape index (κ2) is 11.7. The van der Waals surface area contributed by atoms with Gasteiger partial charge in [0.25, 0.3) is 5.56 Å². The van der Waals surface area contributed by atoms with Crippen LogP contribution in [-0.4, -0.2) is 16.2 Å². The lowest BCUT2D eigenvalue weighted by molar-refractivity contribution is 0.271. The van der Waals surface area contributed by atoms with Gasteiger partial charge in [-0.2, -0.15) is 5.26 Å². The van der Waals surface area contributed by atoms with Crippen LogP contribution in [0.2, 0.25) is 0 Å². The van der Waals surface area contributed by atoms with Gasteiger partial charge in [-0.25, -0.2) is 4.98 Å². The number of benzene rings is 3. The Kier molecular flexibility index (Phi) is 8.20. The Balaban J connectivity index is 1.67. The Labute approximate surface area is 219 Å². The number of nitriles is 1. The topological polar surface area (TPSA) is 67.9 Å². The molecule has 0 saturated carbocycles. The highest BCUT2D eigenvalue weighted by Crippen LogP contribution is 2.25. The van der Waals surface area contributed by atoms with Gasteiger partial charge >= 0.3 is 0 Å². The highest BCUT2D eigenvalue weighted by atomic mass is 16.5. The van der Waals surface area contributed by atoms with Crippen molar-refractivity contribution in [1.29, 1.82) is 5.26 Å². The van der Waals surface area contributed by atoms with E-state index in [4.69, 9.17) is 9.72 Å². The van der Waals surface area contributed by atoms with Crippen LogP contribution in [0.4, 0.5) is 0 Å². The summed E-state index contributed by atoms with van der Waals surface area (Å²) in [5, 5.41) is 9.45. The summed E-state index contributed by atoms with van der Waals surface area (Å²) >= 11 is 0. The molecule has 1 heterocycles. The highest BCUT2D eigenvalue weighted by Gasteiger charge is 2.16. The molecule has 0 aliphatic rings. The summed E-state index contributed by atoms with van der Waals surface area (Å²) in [6.07, 6.45) is 2.16. The first-order valence-electron chi connectivity index (χ1n) is 12.8. The van der Waals surface area contributed by atoms with E-state index < -0.39 is 0 Å². The third-order valence-electron chi connectivity index (χ3n) is 6.29. The van der Waals surface area contributed by atoms with Crippen LogP contribution in [0.5, 0.6) is 5.75 Å². The maximum atomic E-state index is 13.8. The lowest BCUT2D eigenvalue weighted by Crippen LogP contribution is -2.28. The Morgan fingerprint density at radius 1 is 1.00 bits per heavy atom. The van der Waals surface area contributed by atoms with Crippen molar-refractivity contribution in [3.05, 3.63) is 111 Å². The number of aryl methyl sites for hydroxylation is 2. The van der Waals surface area contributed by atoms with Crippen molar-refractivity contribution in [2.75, 3.05) is 6.61 Å². The zero-order valence-electron chi connectivity index (χ0n) is 22.0. The summed E-state index contributed by atoms with van der Waals surface area (Å²) < 4.78 is 7.50. The van der Waals surface area contributed by atoms with Crippen molar-refractivity contribution in [1.82, 2.24) is 9.55 Å². The number of aromatic nitrogens is 2. The largest absolute Gasteiger partial charge is 0.493 e. The quantitative estimate of drug-likeness (QED) is 0.263. The fraction of sp³-hybridized carbons (Fsp3) is 0.281. The van der Waals surface area contributed by atoms with Crippen molar-refractivity contribution in [2.45, 2.75) is 47.0 Å². The second-order valence-electron chi connectivity index (χ2n) is 9.70. The molecular formula is C32H33N3O2. The number of nitrogens with zero attached hydrogens (tertiary/aromatic N) is 3. The van der Waals surface area contributed by atoms with Crippen molar-refractivity contribution in [3.8, 4) is 28.6 Å². The molecule has 1 aromatic heterocycles. The summed E-state index contributed by atoms with van der Waals surface area (Å²) in [4.78, 5) is 18.7. The predicted molar refractivity (Wildman–Crippen MR) is 148 cm³/mol. The molecule has 37 heavy (non-hydrogen) atoms. The van der Waals surface area contributed by atoms with Crippen molar-refractivity contribution in [3.63, 3.8) is 0 Å². The number of hydrogen-bond donors (Lipinski definition) is 0. The normalized spacial score (nSPS) is 10.9. The molecule has 0 aliphatic carbocycles. The van der Waals surface area contributed by atoms with Crippen molar-refractivity contribution < 1.29 is 4.74 Å². The van der Waals surface area contributed by atoms with Gasteiger partial charge in [0.15, 0.2) is 0 Å². The Hall–Kier alpha value is -4.17. The van der Waals surface area contributed by atoms with E-state index in [1.54, 1.807) is 4.57 Å². The van der Waals surface area contributed by atoms with Crippen LogP contribution >= 0.6 is 0 Å². The van der Waals surface area contributed by atoms with Gasteiger partial charge in [0.05, 0.1) is 29.6 Å². The first kappa shape index (κ1) is 25.9. The molecule has 4 aromatic rings. The van der Waals surface area contributed by atoms with Gasteiger partial charge in [-0.05, 0) is 66.3 Å². The Morgan fingerprint density at radius 2 is 1.70 bits per heavy atom. The lowest BCUT2D eigenvalue weighted by Gasteiger charge is -2.16. The standard InChI is InChI=1S/C32H33N3O2/c1-5-8-31-30(19-24-11-13-25(14-12-24)29-10-7-6-9-26(29)20-33)32(36)35(23(4)34-31)27-15-17-28(18-16-27)37-21-22(2)3/h6-7,9-18,22H,5,8,19,21H2,1-4H3. The molecule has 0 bridgehead atoms. The van der Waals surface area contributed by atoms with Crippen LogP contribution < -0.4 is 10.3 Å². The third kappa shape index (κ3) is 5.98. The van der Waals surface area contributed by atoms with Crippen molar-refractivity contribution >= 4 is 0 Å². The molecule has 4 rings (SSSR count). The number of ether oxygens (including phenoxy) is 1. The molecule has 0 N–H and O–H groups in total. The van der Waals surface area contributed by atoms with Gasteiger partial charge < -0.3 is 4.74 Å². The van der Waals surface area contributed by atoms with Gasteiger partial charge in [0.1, 0.15) is 11.6 Å². The average molecular weight is 492 g/mol. The van der Waals surface area contributed by atoms with Gasteiger partial charge in [-0.1, -0.05) is 69.7 Å². The van der Waals surface area contributed by atoms with E-state index >= 15 is 0 Å². The van der Waals surface area contributed by atoms with Crippen LogP contribution in [0.25, 0.3) is 16.8 Å². The van der Waals surface area contributed by atoms with Crippen molar-refractivity contribution in [2.24, 2.45) is 5.92 Å². The van der Waals surface area contributed by atoms with E-state index in [1.165, 1.54) is 0 Å². The Morgan fingerprint density at radius 3 is 2.35 bits per heavy atom. The maximum absolute atomic E-state index is 13.8. The SMILES string of the molecule is CCCc1nc(C)n(-c2ccc(OCC(C)C)cc2)c(=O)c1Cc1ccc(-c2ccccc2C#N)cc1. The summed E-state index contributed by atoms with van der Waals surface area (Å²) in [7, 11) is 0. The van der Waals surface area contributed by atoms with Gasteiger partial charge in [-0.15, -0.1) is 0 Å². The van der Waals surface area contributed by atoms with Crippen LogP contribution in [0, 0.1) is 24.2 Å². The van der Waals surface area contributed by atoms with Gasteiger partial charge in [0.2, 0.25) is 0 Å². The average Bonchev–Trinajstić information content (AvgIpc) is 2.91. The first-order chi connectivity index (χ1) is 17.9. The molecule has 3 aromatic carbocycles. The molecule has 0 atom stereocenters. The first-order valence-corrected chi connectivity index (χ1v) is 12.8. The van der Waals surface area contributed by atoms with E-state index in [0.29, 0.717) is 30.3 Å². The van der Waals surface area contributed by atoms with Crippen LogP contribution in [-0.2, 0) is 12.8 Å². The third-order valence-corrected chi connectivity index (χ3v) is 6.29. The van der Waals surface area contributed by atoms with Gasteiger partial charge in [-0.3, -0.25) is 9.36 Å². The Bertz CT molecular complexity index is 1460. The second-order valence-corrected chi connectivity index (χ2v) is 9.70. The minimum absolute atomic E-state index is 0.0364. The molecule has 5 heteroatoms. The van der Waals surface area contributed by atoms with E-state index in [2.05, 4.69) is 26.8 Å². The fourth-order valence-electron chi connectivity index (χ4n) is 4.44. The van der Waals surface area contributed by atoms with Crippen LogP contribution in [0.3, 0.4) is 0 Å². The molecule has 0 radical (unpaired) electrons. The zero-order chi connectivity index (χ0) is 26.4. The number of hydrogen-bond acceptors (Lipinski definition) is 4. The van der Waals surface area contributed by atoms with Crippen LogP contribution in [0.1, 0.15) is 55.4 Å². The highest BCUT2D eigenvalue weighted by molar-refractivity contribution is 5.70. The minimum Gasteiger partial charge on any atom is -0.493 e. The van der Waals surface area contributed by atoms with E-state index in [1.807, 2.05) is 79.7 Å². The molecule has 188 valence electrons. The smallest absolute Gasteiger partial charge is 0.261 e. The summed E-state index contributed by atoms with van der Waals surface area (Å²) in [5.41, 5.74) is 5.88. The fourth-order valence-corrected chi connectivity index (χ4v) is 4.44. The maximum Gasteiger partial charge on any atom is 0.261 e. The summed E-state index contributed by atoms with van der Waals surface area (Å²) in [6.45, 7) is 8.86. The number of rotatable bonds is 9. The monoisotopic (exact) mass is 491 g/mol. The van der Waals surface area contributed by atoms with Gasteiger partial charge in [0, 0.05) is 12.0 Å². The molecule has 5 nitrogen and oxygen atoms in total. The molecule has 0 fully saturated rings. The molecule has 0 saturated heterocycles. The van der Waals surface area contributed by atoms with E-state index in [9.17, 15) is 10.1 Å². The molecular weight excluding hydrogens is 458 g/mol. The predicted octanol–water partition coefficient (Wildman–Crippen LogP) is 6.66.